The molecule has 0 saturated carbocycles. The van der Waals surface area contributed by atoms with Crippen LogP contribution in [0.25, 0.3) is 0 Å². The van der Waals surface area contributed by atoms with Gasteiger partial charge in [-0.05, 0) is 20.3 Å². The summed E-state index contributed by atoms with van der Waals surface area (Å²) in [6, 6.07) is 0. The molecule has 2 saturated heterocycles. The molecular formula is C15H22O5. The number of rotatable bonds is 4. The average molecular weight is 282 g/mol. The molecule has 3 heterocycles. The van der Waals surface area contributed by atoms with E-state index in [2.05, 4.69) is 12.2 Å². The topological polar surface area (TPSA) is 65.0 Å². The molecule has 1 N–H and O–H groups in total. The van der Waals surface area contributed by atoms with Crippen LogP contribution in [0.5, 0.6) is 0 Å². The number of fused-ring (bicyclic) bond motifs is 5. The van der Waals surface area contributed by atoms with E-state index in [4.69, 9.17) is 14.2 Å². The molecule has 0 aromatic heterocycles. The van der Waals surface area contributed by atoms with Gasteiger partial charge in [0.25, 0.3) is 0 Å². The molecule has 8 atom stereocenters. The molecule has 2 bridgehead atoms. The van der Waals surface area contributed by atoms with E-state index in [1.54, 1.807) is 6.92 Å². The Kier molecular flexibility index (Phi) is 3.60. The second-order valence-corrected chi connectivity index (χ2v) is 6.14. The number of ether oxygens (including phenoxy) is 3. The third-order valence-corrected chi connectivity index (χ3v) is 4.79. The van der Waals surface area contributed by atoms with Crippen molar-refractivity contribution in [3.8, 4) is 0 Å². The lowest BCUT2D eigenvalue weighted by Crippen LogP contribution is -2.36. The van der Waals surface area contributed by atoms with Gasteiger partial charge >= 0.3 is 5.97 Å². The second kappa shape index (κ2) is 5.13. The summed E-state index contributed by atoms with van der Waals surface area (Å²) in [5.41, 5.74) is 0. The van der Waals surface area contributed by atoms with Gasteiger partial charge in [-0.2, -0.15) is 0 Å². The van der Waals surface area contributed by atoms with Gasteiger partial charge in [0.05, 0.1) is 43.5 Å². The number of aliphatic hydroxyl groups is 1. The van der Waals surface area contributed by atoms with Crippen LogP contribution >= 0.6 is 0 Å². The minimum atomic E-state index is -0.420. The van der Waals surface area contributed by atoms with Gasteiger partial charge in [-0.15, -0.1) is 0 Å². The van der Waals surface area contributed by atoms with Crippen LogP contribution in [0.2, 0.25) is 0 Å². The average Bonchev–Trinajstić information content (AvgIpc) is 3.08. The summed E-state index contributed by atoms with van der Waals surface area (Å²) < 4.78 is 16.9. The van der Waals surface area contributed by atoms with Gasteiger partial charge in [-0.25, -0.2) is 0 Å². The fraction of sp³-hybridized carbons (Fsp3) is 0.800. The first kappa shape index (κ1) is 14.0. The summed E-state index contributed by atoms with van der Waals surface area (Å²) in [6.45, 7) is 3.60. The van der Waals surface area contributed by atoms with E-state index < -0.39 is 6.10 Å². The van der Waals surface area contributed by atoms with E-state index in [0.717, 1.165) is 0 Å². The largest absolute Gasteiger partial charge is 0.469 e. The molecule has 3 aliphatic heterocycles. The zero-order chi connectivity index (χ0) is 14.4. The monoisotopic (exact) mass is 282 g/mol. The van der Waals surface area contributed by atoms with Gasteiger partial charge in [0.15, 0.2) is 0 Å². The van der Waals surface area contributed by atoms with Crippen molar-refractivity contribution in [2.24, 2.45) is 17.8 Å². The van der Waals surface area contributed by atoms with E-state index in [1.165, 1.54) is 7.11 Å². The van der Waals surface area contributed by atoms with Crippen LogP contribution in [0.1, 0.15) is 20.3 Å². The van der Waals surface area contributed by atoms with Crippen LogP contribution in [0.15, 0.2) is 12.2 Å². The molecule has 112 valence electrons. The van der Waals surface area contributed by atoms with Crippen molar-refractivity contribution >= 4 is 5.97 Å². The molecule has 20 heavy (non-hydrogen) atoms. The minimum Gasteiger partial charge on any atom is -0.469 e. The molecule has 5 heteroatoms. The van der Waals surface area contributed by atoms with Crippen LogP contribution < -0.4 is 0 Å². The summed E-state index contributed by atoms with van der Waals surface area (Å²) in [4.78, 5) is 11.8. The second-order valence-electron chi connectivity index (χ2n) is 6.14. The van der Waals surface area contributed by atoms with Gasteiger partial charge < -0.3 is 19.3 Å². The first-order valence-electron chi connectivity index (χ1n) is 7.28. The number of carbonyl (C=O) groups excluding carboxylic acids is 1. The van der Waals surface area contributed by atoms with E-state index in [1.807, 2.05) is 6.92 Å². The molecule has 0 radical (unpaired) electrons. The number of hydrogen-bond acceptors (Lipinski definition) is 5. The minimum absolute atomic E-state index is 0.0288. The highest BCUT2D eigenvalue weighted by Crippen LogP contribution is 2.51. The van der Waals surface area contributed by atoms with E-state index in [0.29, 0.717) is 6.42 Å². The van der Waals surface area contributed by atoms with Crippen LogP contribution in [-0.2, 0) is 19.0 Å². The van der Waals surface area contributed by atoms with Crippen molar-refractivity contribution in [2.45, 2.75) is 50.8 Å². The Labute approximate surface area is 118 Å². The molecule has 0 spiro atoms. The molecule has 0 aromatic rings. The van der Waals surface area contributed by atoms with E-state index >= 15 is 0 Å². The Morgan fingerprint density at radius 3 is 2.50 bits per heavy atom. The molecule has 0 aliphatic carbocycles. The standard InChI is InChI=1S/C15H22O5/c1-7(16)6-11-12-9-4-5-10(19-9)13(12)14(20-11)8(2)15(17)18-3/h4-5,7-14,16H,6H2,1-3H3/t7-,8+,9-,10+,11+,12+,13+,14-/m1/s1. The Bertz CT molecular complexity index is 418. The zero-order valence-electron chi connectivity index (χ0n) is 12.1. The van der Waals surface area contributed by atoms with Crippen LogP contribution in [0.3, 0.4) is 0 Å². The number of aliphatic hydroxyl groups excluding tert-OH is 1. The van der Waals surface area contributed by atoms with Gasteiger partial charge in [0, 0.05) is 11.8 Å². The summed E-state index contributed by atoms with van der Waals surface area (Å²) >= 11 is 0. The molecule has 3 aliphatic rings. The van der Waals surface area contributed by atoms with Gasteiger partial charge in [0.2, 0.25) is 0 Å². The van der Waals surface area contributed by atoms with Gasteiger partial charge in [-0.1, -0.05) is 12.2 Å². The lowest BCUT2D eigenvalue weighted by atomic mass is 9.75. The van der Waals surface area contributed by atoms with Crippen molar-refractivity contribution in [3.05, 3.63) is 12.2 Å². The van der Waals surface area contributed by atoms with Crippen LogP contribution in [-0.4, -0.2) is 48.7 Å². The van der Waals surface area contributed by atoms with E-state index in [9.17, 15) is 9.90 Å². The molecule has 5 nitrogen and oxygen atoms in total. The summed E-state index contributed by atoms with van der Waals surface area (Å²) in [6.07, 6.45) is 4.13. The fourth-order valence-electron chi connectivity index (χ4n) is 3.94. The van der Waals surface area contributed by atoms with Crippen LogP contribution in [0, 0.1) is 17.8 Å². The maximum atomic E-state index is 11.8. The summed E-state index contributed by atoms with van der Waals surface area (Å²) in [5, 5.41) is 9.65. The lowest BCUT2D eigenvalue weighted by molar-refractivity contribution is -0.152. The third kappa shape index (κ3) is 2.08. The first-order chi connectivity index (χ1) is 9.52. The number of methoxy groups -OCH3 is 1. The maximum Gasteiger partial charge on any atom is 0.311 e. The fourth-order valence-corrected chi connectivity index (χ4v) is 3.94. The normalized spacial score (nSPS) is 44.4. The van der Waals surface area contributed by atoms with Crippen molar-refractivity contribution < 1.29 is 24.1 Å². The molecule has 0 amide bonds. The molecular weight excluding hydrogens is 260 g/mol. The molecule has 3 rings (SSSR count). The summed E-state index contributed by atoms with van der Waals surface area (Å²) in [5.74, 6) is -0.152. The van der Waals surface area contributed by atoms with Crippen molar-refractivity contribution in [2.75, 3.05) is 7.11 Å². The Morgan fingerprint density at radius 2 is 1.90 bits per heavy atom. The highest BCUT2D eigenvalue weighted by Gasteiger charge is 2.59. The van der Waals surface area contributed by atoms with Crippen LogP contribution in [0.4, 0.5) is 0 Å². The predicted octanol–water partition coefficient (Wildman–Crippen LogP) is 0.903. The Hall–Kier alpha value is -0.910. The first-order valence-corrected chi connectivity index (χ1v) is 7.28. The predicted molar refractivity (Wildman–Crippen MR) is 70.9 cm³/mol. The Morgan fingerprint density at radius 1 is 1.25 bits per heavy atom. The van der Waals surface area contributed by atoms with Crippen molar-refractivity contribution in [3.63, 3.8) is 0 Å². The number of carbonyl (C=O) groups is 1. The number of hydrogen-bond donors (Lipinski definition) is 1. The Balaban J connectivity index is 1.82. The SMILES string of the molecule is COC(=O)[C@@H](C)[C@H]1O[C@@H](C[C@@H](C)O)[C@H]2[C@@H]1[C@@H]1C=C[C@H]2O1. The van der Waals surface area contributed by atoms with E-state index in [-0.39, 0.29) is 48.1 Å². The van der Waals surface area contributed by atoms with Gasteiger partial charge in [0.1, 0.15) is 0 Å². The van der Waals surface area contributed by atoms with Gasteiger partial charge in [-0.3, -0.25) is 4.79 Å². The van der Waals surface area contributed by atoms with Crippen molar-refractivity contribution in [1.82, 2.24) is 0 Å². The molecule has 2 fully saturated rings. The third-order valence-electron chi connectivity index (χ3n) is 4.79. The highest BCUT2D eigenvalue weighted by molar-refractivity contribution is 5.72. The molecule has 0 unspecified atom stereocenters. The maximum absolute atomic E-state index is 11.8. The summed E-state index contributed by atoms with van der Waals surface area (Å²) in [7, 11) is 1.40. The smallest absolute Gasteiger partial charge is 0.311 e. The van der Waals surface area contributed by atoms with Crippen molar-refractivity contribution in [1.29, 1.82) is 0 Å². The molecule has 0 aromatic carbocycles. The highest BCUT2D eigenvalue weighted by atomic mass is 16.6. The number of esters is 1. The lowest BCUT2D eigenvalue weighted by Gasteiger charge is -2.25. The quantitative estimate of drug-likeness (QED) is 0.613. The zero-order valence-corrected chi connectivity index (χ0v) is 12.1.